The van der Waals surface area contributed by atoms with E-state index in [1.165, 1.54) is 6.20 Å². The Morgan fingerprint density at radius 1 is 1.78 bits per heavy atom. The van der Waals surface area contributed by atoms with Gasteiger partial charge in [-0.3, -0.25) is 4.79 Å². The molecule has 0 heterocycles. The number of nitrogens with two attached hydrogens (primary N) is 1. The molecular weight excluding hydrogens is 118 g/mol. The molecule has 0 atom stereocenters. The molecule has 0 fully saturated rings. The first-order valence-electron chi connectivity index (χ1n) is 2.43. The summed E-state index contributed by atoms with van der Waals surface area (Å²) in [5.41, 5.74) is 5.64. The van der Waals surface area contributed by atoms with Crippen LogP contribution in [0.5, 0.6) is 0 Å². The summed E-state index contributed by atoms with van der Waals surface area (Å²) in [4.78, 5) is 9.69. The molecule has 0 aliphatic carbocycles. The van der Waals surface area contributed by atoms with Gasteiger partial charge < -0.3 is 16.5 Å². The Labute approximate surface area is 53.2 Å². The summed E-state index contributed by atoms with van der Waals surface area (Å²) in [6.45, 7) is 0.323. The van der Waals surface area contributed by atoms with Crippen LogP contribution in [0.3, 0.4) is 0 Å². The van der Waals surface area contributed by atoms with Gasteiger partial charge in [-0.1, -0.05) is 0 Å². The van der Waals surface area contributed by atoms with Gasteiger partial charge in [-0.05, 0) is 0 Å². The molecule has 0 spiro atoms. The molecule has 0 rings (SSSR count). The molecule has 0 saturated heterocycles. The van der Waals surface area contributed by atoms with Crippen molar-refractivity contribution in [2.75, 3.05) is 6.54 Å². The van der Waals surface area contributed by atoms with E-state index in [2.05, 4.69) is 5.32 Å². The first-order chi connectivity index (χ1) is 4.35. The minimum Gasteiger partial charge on any atom is -0.404 e. The lowest BCUT2D eigenvalue weighted by molar-refractivity contribution is -0.109. The van der Waals surface area contributed by atoms with E-state index in [-0.39, 0.29) is 0 Å². The Bertz CT molecular complexity index is 130. The van der Waals surface area contributed by atoms with Crippen LogP contribution in [0.25, 0.3) is 0 Å². The van der Waals surface area contributed by atoms with Crippen LogP contribution in [0.1, 0.15) is 0 Å². The first kappa shape index (κ1) is 7.68. The average molecular weight is 127 g/mol. The third kappa shape index (κ3) is 3.28. The van der Waals surface area contributed by atoms with Crippen LogP contribution in [0.2, 0.25) is 0 Å². The van der Waals surface area contributed by atoms with Crippen LogP contribution in [0.4, 0.5) is 0 Å². The third-order valence-electron chi connectivity index (χ3n) is 0.789. The van der Waals surface area contributed by atoms with Crippen LogP contribution >= 0.6 is 0 Å². The number of hydrogen-bond acceptors (Lipinski definition) is 3. The minimum absolute atomic E-state index is 0.323. The second kappa shape index (κ2) is 4.83. The van der Waals surface area contributed by atoms with Crippen molar-refractivity contribution >= 4 is 12.6 Å². The summed E-state index contributed by atoms with van der Waals surface area (Å²) < 4.78 is 0. The predicted octanol–water partition coefficient (Wildman–Crippen LogP) is -0.775. The highest BCUT2D eigenvalue weighted by atomic mass is 16.1. The molecule has 4 N–H and O–H groups in total. The fourth-order valence-electron chi connectivity index (χ4n) is 0.318. The van der Waals surface area contributed by atoms with Gasteiger partial charge in [0.2, 0.25) is 6.41 Å². The van der Waals surface area contributed by atoms with E-state index in [9.17, 15) is 4.79 Å². The topological polar surface area (TPSA) is 79.0 Å². The quantitative estimate of drug-likeness (QED) is 0.342. The molecule has 0 unspecified atom stereocenters. The van der Waals surface area contributed by atoms with Gasteiger partial charge in [-0.15, -0.1) is 0 Å². The lowest BCUT2D eigenvalue weighted by atomic mass is 10.3. The zero-order chi connectivity index (χ0) is 7.11. The SMILES string of the molecule is N=C/C(=C\N)CNC=O. The molecule has 0 aromatic rings. The molecule has 1 amide bonds. The summed E-state index contributed by atoms with van der Waals surface area (Å²) in [5.74, 6) is 0. The molecule has 4 nitrogen and oxygen atoms in total. The third-order valence-corrected chi connectivity index (χ3v) is 0.789. The standard InChI is InChI=1S/C5H9N3O/c6-1-5(2-7)3-8-4-9/h1-2,4,6H,3,7H2,(H,8,9)/b5-2+,6-1?. The lowest BCUT2D eigenvalue weighted by Crippen LogP contribution is -2.15. The molecule has 0 aromatic carbocycles. The fourth-order valence-corrected chi connectivity index (χ4v) is 0.318. The first-order valence-corrected chi connectivity index (χ1v) is 2.43. The van der Waals surface area contributed by atoms with E-state index in [0.717, 1.165) is 6.21 Å². The van der Waals surface area contributed by atoms with Gasteiger partial charge in [0.25, 0.3) is 0 Å². The molecule has 0 radical (unpaired) electrons. The van der Waals surface area contributed by atoms with E-state index < -0.39 is 0 Å². The Morgan fingerprint density at radius 2 is 2.44 bits per heavy atom. The molecule has 50 valence electrons. The zero-order valence-corrected chi connectivity index (χ0v) is 4.92. The lowest BCUT2D eigenvalue weighted by Gasteiger charge is -1.94. The number of nitrogens with one attached hydrogen (secondary N) is 2. The Balaban J connectivity index is 3.57. The second-order valence-electron chi connectivity index (χ2n) is 1.38. The van der Waals surface area contributed by atoms with Gasteiger partial charge in [-0.25, -0.2) is 0 Å². The van der Waals surface area contributed by atoms with Gasteiger partial charge in [0.15, 0.2) is 0 Å². The highest BCUT2D eigenvalue weighted by molar-refractivity contribution is 5.76. The fraction of sp³-hybridized carbons (Fsp3) is 0.200. The molecule has 0 aliphatic rings. The zero-order valence-electron chi connectivity index (χ0n) is 4.92. The molecule has 0 saturated carbocycles. The molecular formula is C5H9N3O. The van der Waals surface area contributed by atoms with Crippen LogP contribution in [-0.2, 0) is 4.79 Å². The van der Waals surface area contributed by atoms with Crippen LogP contribution in [0.15, 0.2) is 11.8 Å². The Hall–Kier alpha value is -1.32. The largest absolute Gasteiger partial charge is 0.404 e. The van der Waals surface area contributed by atoms with Crippen molar-refractivity contribution in [1.82, 2.24) is 5.32 Å². The van der Waals surface area contributed by atoms with Crippen molar-refractivity contribution in [3.8, 4) is 0 Å². The normalized spacial score (nSPS) is 10.4. The van der Waals surface area contributed by atoms with Gasteiger partial charge in [0.1, 0.15) is 0 Å². The number of amides is 1. The molecule has 0 bridgehead atoms. The highest BCUT2D eigenvalue weighted by Gasteiger charge is 1.86. The maximum absolute atomic E-state index is 9.69. The van der Waals surface area contributed by atoms with Crippen LogP contribution in [0, 0.1) is 5.41 Å². The van der Waals surface area contributed by atoms with Crippen molar-refractivity contribution in [1.29, 1.82) is 5.41 Å². The van der Waals surface area contributed by atoms with Crippen molar-refractivity contribution in [2.24, 2.45) is 5.73 Å². The summed E-state index contributed by atoms with van der Waals surface area (Å²) >= 11 is 0. The van der Waals surface area contributed by atoms with E-state index >= 15 is 0 Å². The smallest absolute Gasteiger partial charge is 0.207 e. The number of carbonyl (C=O) groups excluding carboxylic acids is 1. The van der Waals surface area contributed by atoms with E-state index in [1.807, 2.05) is 0 Å². The number of hydrogen-bond donors (Lipinski definition) is 3. The molecule has 0 aliphatic heterocycles. The molecule has 0 aromatic heterocycles. The maximum atomic E-state index is 9.69. The van der Waals surface area contributed by atoms with Crippen molar-refractivity contribution in [3.63, 3.8) is 0 Å². The number of rotatable bonds is 4. The van der Waals surface area contributed by atoms with Crippen molar-refractivity contribution < 1.29 is 4.79 Å². The van der Waals surface area contributed by atoms with Crippen molar-refractivity contribution in [3.05, 3.63) is 11.8 Å². The summed E-state index contributed by atoms with van der Waals surface area (Å²) in [6.07, 6.45) is 2.94. The van der Waals surface area contributed by atoms with Gasteiger partial charge in [-0.2, -0.15) is 0 Å². The predicted molar refractivity (Wildman–Crippen MR) is 35.1 cm³/mol. The van der Waals surface area contributed by atoms with Crippen molar-refractivity contribution in [2.45, 2.75) is 0 Å². The number of carbonyl (C=O) groups is 1. The second-order valence-corrected chi connectivity index (χ2v) is 1.38. The van der Waals surface area contributed by atoms with E-state index in [4.69, 9.17) is 11.1 Å². The summed E-state index contributed by atoms with van der Waals surface area (Å²) in [5, 5.41) is 9.08. The summed E-state index contributed by atoms with van der Waals surface area (Å²) in [7, 11) is 0. The average Bonchev–Trinajstić information content (AvgIpc) is 1.91. The van der Waals surface area contributed by atoms with Gasteiger partial charge >= 0.3 is 0 Å². The Morgan fingerprint density at radius 3 is 2.78 bits per heavy atom. The minimum atomic E-state index is 0.323. The van der Waals surface area contributed by atoms with Crippen LogP contribution in [-0.4, -0.2) is 19.2 Å². The van der Waals surface area contributed by atoms with E-state index in [1.54, 1.807) is 0 Å². The molecule has 9 heavy (non-hydrogen) atoms. The Kier molecular flexibility index (Phi) is 4.12. The van der Waals surface area contributed by atoms with Crippen LogP contribution < -0.4 is 11.1 Å². The van der Waals surface area contributed by atoms with Gasteiger partial charge in [0.05, 0.1) is 0 Å². The monoisotopic (exact) mass is 127 g/mol. The molecule has 4 heteroatoms. The van der Waals surface area contributed by atoms with Gasteiger partial charge in [0, 0.05) is 24.5 Å². The maximum Gasteiger partial charge on any atom is 0.207 e. The van der Waals surface area contributed by atoms with E-state index in [0.29, 0.717) is 18.5 Å². The highest BCUT2D eigenvalue weighted by Crippen LogP contribution is 1.79. The summed E-state index contributed by atoms with van der Waals surface area (Å²) in [6, 6.07) is 0.